The molecule has 168 valence electrons. The summed E-state index contributed by atoms with van der Waals surface area (Å²) in [6.07, 6.45) is 4.09. The molecule has 1 amide bonds. The summed E-state index contributed by atoms with van der Waals surface area (Å²) < 4.78 is 5.98. The molecule has 5 rings (SSSR count). The van der Waals surface area contributed by atoms with Gasteiger partial charge in [0.2, 0.25) is 0 Å². The SMILES string of the molecule is CCOc1ccc2ccccc2c1[C@H]1NC(=O)c2c(sc3c2CC[C@H](C(C)(C)CC)C3)N1. The van der Waals surface area contributed by atoms with Crippen LogP contribution in [0.15, 0.2) is 36.4 Å². The van der Waals surface area contributed by atoms with Crippen molar-refractivity contribution in [1.29, 1.82) is 0 Å². The third-order valence-electron chi connectivity index (χ3n) is 7.58. The van der Waals surface area contributed by atoms with Crippen LogP contribution in [-0.2, 0) is 12.8 Å². The number of nitrogens with one attached hydrogen (secondary N) is 2. The van der Waals surface area contributed by atoms with E-state index in [0.29, 0.717) is 17.9 Å². The number of anilines is 1. The molecule has 1 aromatic heterocycles. The molecule has 0 unspecified atom stereocenters. The Kier molecular flexibility index (Phi) is 5.40. The molecule has 2 heterocycles. The average Bonchev–Trinajstić information content (AvgIpc) is 3.17. The van der Waals surface area contributed by atoms with Gasteiger partial charge in [-0.3, -0.25) is 4.79 Å². The van der Waals surface area contributed by atoms with Gasteiger partial charge in [0, 0.05) is 10.4 Å². The number of rotatable bonds is 5. The number of carbonyl (C=O) groups is 1. The van der Waals surface area contributed by atoms with E-state index in [1.807, 2.05) is 25.1 Å². The second-order valence-corrected chi connectivity index (χ2v) is 10.8. The Morgan fingerprint density at radius 2 is 1.94 bits per heavy atom. The molecule has 1 aliphatic heterocycles. The Balaban J connectivity index is 1.53. The molecule has 2 atom stereocenters. The van der Waals surface area contributed by atoms with Gasteiger partial charge in [0.1, 0.15) is 16.9 Å². The number of ether oxygens (including phenoxy) is 1. The molecule has 0 saturated carbocycles. The monoisotopic (exact) mass is 448 g/mol. The fourth-order valence-electron chi connectivity index (χ4n) is 5.25. The summed E-state index contributed by atoms with van der Waals surface area (Å²) in [5, 5.41) is 10.2. The number of amides is 1. The molecule has 4 nitrogen and oxygen atoms in total. The van der Waals surface area contributed by atoms with Crippen LogP contribution in [0.4, 0.5) is 5.00 Å². The van der Waals surface area contributed by atoms with Gasteiger partial charge in [0.25, 0.3) is 5.91 Å². The molecule has 5 heteroatoms. The summed E-state index contributed by atoms with van der Waals surface area (Å²) in [5.41, 5.74) is 3.46. The molecule has 2 N–H and O–H groups in total. The lowest BCUT2D eigenvalue weighted by molar-refractivity contribution is 0.0934. The largest absolute Gasteiger partial charge is 0.493 e. The molecule has 0 fully saturated rings. The summed E-state index contributed by atoms with van der Waals surface area (Å²) in [4.78, 5) is 14.7. The van der Waals surface area contributed by atoms with Crippen molar-refractivity contribution in [3.63, 3.8) is 0 Å². The molecule has 0 radical (unpaired) electrons. The van der Waals surface area contributed by atoms with Crippen LogP contribution in [0.25, 0.3) is 10.8 Å². The lowest BCUT2D eigenvalue weighted by Gasteiger charge is -2.36. The number of carbonyl (C=O) groups excluding carboxylic acids is 1. The lowest BCUT2D eigenvalue weighted by atomic mass is 9.69. The summed E-state index contributed by atoms with van der Waals surface area (Å²) in [6.45, 7) is 9.62. The molecule has 1 aliphatic carbocycles. The van der Waals surface area contributed by atoms with Crippen molar-refractivity contribution in [3.8, 4) is 5.75 Å². The van der Waals surface area contributed by atoms with Crippen LogP contribution in [0.1, 0.15) is 73.1 Å². The molecule has 2 aromatic carbocycles. The van der Waals surface area contributed by atoms with Gasteiger partial charge in [-0.15, -0.1) is 11.3 Å². The van der Waals surface area contributed by atoms with E-state index in [1.54, 1.807) is 11.3 Å². The molecular weight excluding hydrogens is 416 g/mol. The molecule has 3 aromatic rings. The number of fused-ring (bicyclic) bond motifs is 4. The van der Waals surface area contributed by atoms with E-state index in [0.717, 1.165) is 51.9 Å². The highest BCUT2D eigenvalue weighted by Gasteiger charge is 2.38. The maximum Gasteiger partial charge on any atom is 0.256 e. The molecule has 32 heavy (non-hydrogen) atoms. The predicted molar refractivity (Wildman–Crippen MR) is 133 cm³/mol. The first kappa shape index (κ1) is 21.3. The van der Waals surface area contributed by atoms with Crippen LogP contribution in [-0.4, -0.2) is 12.5 Å². The summed E-state index contributed by atoms with van der Waals surface area (Å²) in [5.74, 6) is 1.52. The van der Waals surface area contributed by atoms with E-state index in [4.69, 9.17) is 4.74 Å². The van der Waals surface area contributed by atoms with Gasteiger partial charge in [0.05, 0.1) is 12.2 Å². The average molecular weight is 449 g/mol. The molecule has 2 aliphatic rings. The number of hydrogen-bond acceptors (Lipinski definition) is 4. The minimum Gasteiger partial charge on any atom is -0.493 e. The van der Waals surface area contributed by atoms with Crippen LogP contribution in [0.2, 0.25) is 0 Å². The first-order chi connectivity index (χ1) is 15.4. The minimum atomic E-state index is -0.314. The van der Waals surface area contributed by atoms with Crippen LogP contribution in [0.5, 0.6) is 5.75 Å². The highest BCUT2D eigenvalue weighted by Crippen LogP contribution is 2.47. The molecule has 0 spiro atoms. The van der Waals surface area contributed by atoms with E-state index in [1.165, 1.54) is 16.9 Å². The van der Waals surface area contributed by atoms with Gasteiger partial charge in [-0.25, -0.2) is 0 Å². The van der Waals surface area contributed by atoms with Crippen molar-refractivity contribution in [2.45, 2.75) is 59.5 Å². The van der Waals surface area contributed by atoms with Crippen molar-refractivity contribution in [1.82, 2.24) is 5.32 Å². The van der Waals surface area contributed by atoms with Crippen LogP contribution in [0.3, 0.4) is 0 Å². The minimum absolute atomic E-state index is 0.0323. The van der Waals surface area contributed by atoms with Gasteiger partial charge >= 0.3 is 0 Å². The fourth-order valence-corrected chi connectivity index (χ4v) is 6.61. The highest BCUT2D eigenvalue weighted by atomic mass is 32.1. The van der Waals surface area contributed by atoms with Gasteiger partial charge < -0.3 is 15.4 Å². The van der Waals surface area contributed by atoms with Crippen molar-refractivity contribution >= 4 is 33.0 Å². The van der Waals surface area contributed by atoms with Crippen LogP contribution < -0.4 is 15.4 Å². The van der Waals surface area contributed by atoms with E-state index < -0.39 is 0 Å². The molecular formula is C27H32N2O2S. The quantitative estimate of drug-likeness (QED) is 0.457. The first-order valence-electron chi connectivity index (χ1n) is 11.8. The lowest BCUT2D eigenvalue weighted by Crippen LogP contribution is -2.38. The zero-order valence-electron chi connectivity index (χ0n) is 19.4. The predicted octanol–water partition coefficient (Wildman–Crippen LogP) is 6.70. The Bertz CT molecular complexity index is 1180. The summed E-state index contributed by atoms with van der Waals surface area (Å²) in [7, 11) is 0. The van der Waals surface area contributed by atoms with E-state index >= 15 is 0 Å². The third kappa shape index (κ3) is 3.47. The number of hydrogen-bond donors (Lipinski definition) is 2. The first-order valence-corrected chi connectivity index (χ1v) is 12.6. The Hall–Kier alpha value is -2.53. The van der Waals surface area contributed by atoms with Crippen molar-refractivity contribution in [3.05, 3.63) is 58.0 Å². The van der Waals surface area contributed by atoms with Gasteiger partial charge in [-0.05, 0) is 59.9 Å². The molecule has 0 bridgehead atoms. The van der Waals surface area contributed by atoms with Crippen molar-refractivity contribution in [2.24, 2.45) is 11.3 Å². The molecule has 0 saturated heterocycles. The van der Waals surface area contributed by atoms with Gasteiger partial charge in [-0.1, -0.05) is 57.5 Å². The normalized spacial score (nSPS) is 20.3. The zero-order valence-corrected chi connectivity index (χ0v) is 20.2. The Morgan fingerprint density at radius 1 is 1.12 bits per heavy atom. The maximum absolute atomic E-state index is 13.4. The van der Waals surface area contributed by atoms with E-state index in [-0.39, 0.29) is 12.1 Å². The third-order valence-corrected chi connectivity index (χ3v) is 8.76. The topological polar surface area (TPSA) is 50.4 Å². The highest BCUT2D eigenvalue weighted by molar-refractivity contribution is 7.16. The number of thiophene rings is 1. The summed E-state index contributed by atoms with van der Waals surface area (Å²) >= 11 is 1.78. The van der Waals surface area contributed by atoms with E-state index in [2.05, 4.69) is 49.6 Å². The smallest absolute Gasteiger partial charge is 0.256 e. The fraction of sp³-hybridized carbons (Fsp3) is 0.444. The second kappa shape index (κ2) is 8.11. The van der Waals surface area contributed by atoms with Crippen LogP contribution >= 0.6 is 11.3 Å². The van der Waals surface area contributed by atoms with Gasteiger partial charge in [-0.2, -0.15) is 0 Å². The van der Waals surface area contributed by atoms with Crippen molar-refractivity contribution in [2.75, 3.05) is 11.9 Å². The van der Waals surface area contributed by atoms with Crippen LogP contribution in [0, 0.1) is 11.3 Å². The van der Waals surface area contributed by atoms with Crippen molar-refractivity contribution < 1.29 is 9.53 Å². The zero-order chi connectivity index (χ0) is 22.5. The maximum atomic E-state index is 13.4. The van der Waals surface area contributed by atoms with E-state index in [9.17, 15) is 4.79 Å². The second-order valence-electron chi connectivity index (χ2n) is 9.67. The Labute approximate surface area is 194 Å². The Morgan fingerprint density at radius 3 is 2.72 bits per heavy atom. The van der Waals surface area contributed by atoms with Gasteiger partial charge in [0.15, 0.2) is 0 Å². The standard InChI is InChI=1S/C27H32N2O2S/c1-5-27(3,4)17-12-13-19-21(15-17)32-26-23(19)25(30)28-24(29-26)22-18-10-8-7-9-16(18)11-14-20(22)31-6-2/h7-11,14,17,24,29H,5-6,12-13,15H2,1-4H3,(H,28,30)/t17-,24-/m0/s1. The summed E-state index contributed by atoms with van der Waals surface area (Å²) in [6, 6.07) is 12.4. The number of benzene rings is 2.